The first-order valence-corrected chi connectivity index (χ1v) is 8.18. The van der Waals surface area contributed by atoms with Crippen LogP contribution in [0.3, 0.4) is 0 Å². The third kappa shape index (κ3) is 2.21. The van der Waals surface area contributed by atoms with Crippen LogP contribution < -0.4 is 4.90 Å². The Morgan fingerprint density at radius 3 is 2.95 bits per heavy atom. The zero-order valence-corrected chi connectivity index (χ0v) is 13.5. The number of halogens is 1. The maximum absolute atomic E-state index is 6.29. The zero-order valence-electron chi connectivity index (χ0n) is 11.9. The molecule has 0 spiro atoms. The lowest BCUT2D eigenvalue weighted by Crippen LogP contribution is -2.34. The molecule has 1 atom stereocenters. The summed E-state index contributed by atoms with van der Waals surface area (Å²) in [6, 6.07) is 2.57. The minimum Gasteiger partial charge on any atom is -0.349 e. The average molecular weight is 308 g/mol. The van der Waals surface area contributed by atoms with E-state index in [2.05, 4.69) is 47.1 Å². The first-order valence-electron chi connectivity index (χ1n) is 6.93. The van der Waals surface area contributed by atoms with E-state index in [0.717, 1.165) is 24.3 Å². The van der Waals surface area contributed by atoms with E-state index in [1.54, 1.807) is 6.33 Å². The maximum Gasteiger partial charge on any atom is 0.138 e. The van der Waals surface area contributed by atoms with Crippen LogP contribution in [0.25, 0.3) is 0 Å². The Hall–Kier alpha value is -1.13. The van der Waals surface area contributed by atoms with E-state index in [4.69, 9.17) is 11.6 Å². The Kier molecular flexibility index (Phi) is 3.69. The first-order chi connectivity index (χ1) is 9.59. The first kappa shape index (κ1) is 13.8. The Balaban J connectivity index is 2.05. The summed E-state index contributed by atoms with van der Waals surface area (Å²) in [4.78, 5) is 12.5. The lowest BCUT2D eigenvalue weighted by molar-refractivity contribution is 0.617. The molecule has 106 valence electrons. The van der Waals surface area contributed by atoms with Crippen LogP contribution in [0.4, 0.5) is 5.82 Å². The third-order valence-corrected chi connectivity index (χ3v) is 5.24. The van der Waals surface area contributed by atoms with Crippen molar-refractivity contribution in [3.05, 3.63) is 38.9 Å². The van der Waals surface area contributed by atoms with Gasteiger partial charge in [0.1, 0.15) is 17.3 Å². The second kappa shape index (κ2) is 5.34. The molecule has 2 aromatic heterocycles. The summed E-state index contributed by atoms with van der Waals surface area (Å²) in [5, 5.41) is 2.76. The second-order valence-corrected chi connectivity index (χ2v) is 6.83. The van der Waals surface area contributed by atoms with Crippen molar-refractivity contribution in [1.82, 2.24) is 9.97 Å². The van der Waals surface area contributed by atoms with Crippen molar-refractivity contribution in [2.24, 2.45) is 0 Å². The third-order valence-electron chi connectivity index (χ3n) is 3.94. The zero-order chi connectivity index (χ0) is 14.3. The van der Waals surface area contributed by atoms with Crippen molar-refractivity contribution in [2.45, 2.75) is 39.2 Å². The van der Waals surface area contributed by atoms with Crippen molar-refractivity contribution in [3.63, 3.8) is 0 Å². The molecule has 3 rings (SSSR count). The number of nitrogens with zero attached hydrogens (tertiary/aromatic N) is 3. The van der Waals surface area contributed by atoms with E-state index in [9.17, 15) is 0 Å². The van der Waals surface area contributed by atoms with Gasteiger partial charge in [-0.1, -0.05) is 25.4 Å². The fraction of sp³-hybridized carbons (Fsp3) is 0.467. The molecule has 3 nitrogen and oxygen atoms in total. The molecule has 5 heteroatoms. The molecule has 0 aliphatic carbocycles. The van der Waals surface area contributed by atoms with Gasteiger partial charge in [-0.2, -0.15) is 0 Å². The van der Waals surface area contributed by atoms with Crippen LogP contribution in [0.2, 0.25) is 5.15 Å². The van der Waals surface area contributed by atoms with E-state index >= 15 is 0 Å². The average Bonchev–Trinajstić information content (AvgIpc) is 2.87. The quantitative estimate of drug-likeness (QED) is 0.768. The Bertz CT molecular complexity index is 623. The van der Waals surface area contributed by atoms with Crippen molar-refractivity contribution in [2.75, 3.05) is 11.4 Å². The van der Waals surface area contributed by atoms with Crippen molar-refractivity contribution in [3.8, 4) is 0 Å². The Morgan fingerprint density at radius 2 is 2.20 bits per heavy atom. The Labute approximate surface area is 128 Å². The van der Waals surface area contributed by atoms with E-state index < -0.39 is 0 Å². The number of hydrogen-bond acceptors (Lipinski definition) is 4. The summed E-state index contributed by atoms with van der Waals surface area (Å²) in [5.74, 6) is 1.30. The van der Waals surface area contributed by atoms with Crippen LogP contribution in [0, 0.1) is 0 Å². The molecule has 20 heavy (non-hydrogen) atoms. The molecule has 1 aliphatic rings. The highest BCUT2D eigenvalue weighted by Gasteiger charge is 2.28. The minimum absolute atomic E-state index is 0.315. The Morgan fingerprint density at radius 1 is 1.40 bits per heavy atom. The normalized spacial score (nSPS) is 18.4. The van der Waals surface area contributed by atoms with Crippen LogP contribution in [0.5, 0.6) is 0 Å². The number of rotatable bonds is 2. The van der Waals surface area contributed by atoms with Crippen molar-refractivity contribution < 1.29 is 0 Å². The summed E-state index contributed by atoms with van der Waals surface area (Å²) < 4.78 is 0. The van der Waals surface area contributed by atoms with Gasteiger partial charge < -0.3 is 4.90 Å². The van der Waals surface area contributed by atoms with Gasteiger partial charge in [0.05, 0.1) is 6.04 Å². The predicted molar refractivity (Wildman–Crippen MR) is 84.9 cm³/mol. The molecule has 0 fully saturated rings. The molecule has 0 saturated carbocycles. The smallest absolute Gasteiger partial charge is 0.138 e. The summed E-state index contributed by atoms with van der Waals surface area (Å²) in [5.41, 5.74) is 2.48. The van der Waals surface area contributed by atoms with E-state index in [0.29, 0.717) is 17.1 Å². The molecule has 0 saturated heterocycles. The number of aromatic nitrogens is 2. The highest BCUT2D eigenvalue weighted by Crippen LogP contribution is 2.39. The fourth-order valence-electron chi connectivity index (χ4n) is 2.89. The van der Waals surface area contributed by atoms with Gasteiger partial charge in [0, 0.05) is 17.0 Å². The maximum atomic E-state index is 6.29. The largest absolute Gasteiger partial charge is 0.349 e. The molecule has 0 bridgehead atoms. The second-order valence-electron chi connectivity index (χ2n) is 5.47. The van der Waals surface area contributed by atoms with Gasteiger partial charge in [0.25, 0.3) is 0 Å². The summed E-state index contributed by atoms with van der Waals surface area (Å²) in [6.45, 7) is 7.50. The molecular weight excluding hydrogens is 290 g/mol. The summed E-state index contributed by atoms with van der Waals surface area (Å²) >= 11 is 8.15. The van der Waals surface area contributed by atoms with Crippen molar-refractivity contribution in [1.29, 1.82) is 0 Å². The van der Waals surface area contributed by atoms with E-state index in [-0.39, 0.29) is 0 Å². The van der Waals surface area contributed by atoms with Crippen LogP contribution in [0.15, 0.2) is 17.8 Å². The monoisotopic (exact) mass is 307 g/mol. The van der Waals surface area contributed by atoms with Crippen molar-refractivity contribution >= 4 is 28.8 Å². The van der Waals surface area contributed by atoms with E-state index in [1.165, 1.54) is 10.4 Å². The van der Waals surface area contributed by atoms with Gasteiger partial charge >= 0.3 is 0 Å². The summed E-state index contributed by atoms with van der Waals surface area (Å²) in [7, 11) is 0. The fourth-order valence-corrected chi connectivity index (χ4v) is 4.20. The number of thiophene rings is 1. The lowest BCUT2D eigenvalue weighted by atomic mass is 9.99. The summed E-state index contributed by atoms with van der Waals surface area (Å²) in [6.07, 6.45) is 2.65. The van der Waals surface area contributed by atoms with Gasteiger partial charge in [0.15, 0.2) is 0 Å². The standard InChI is InChI=1S/C15H18ClN3S/c1-9(2)13-14(16)17-8-18-15(13)19-6-4-12-11(10(19)3)5-7-20-12/h5,7-10H,4,6H2,1-3H3. The molecule has 0 amide bonds. The predicted octanol–water partition coefficient (Wildman–Crippen LogP) is 4.44. The van der Waals surface area contributed by atoms with Gasteiger partial charge in [-0.05, 0) is 36.3 Å². The molecule has 0 N–H and O–H groups in total. The highest BCUT2D eigenvalue weighted by atomic mass is 35.5. The topological polar surface area (TPSA) is 29.0 Å². The molecule has 2 aromatic rings. The molecule has 3 heterocycles. The SMILES string of the molecule is CC(C)c1c(Cl)ncnc1N1CCc2sccc2C1C. The number of hydrogen-bond donors (Lipinski definition) is 0. The lowest BCUT2D eigenvalue weighted by Gasteiger charge is -2.36. The van der Waals surface area contributed by atoms with Crippen LogP contribution in [-0.4, -0.2) is 16.5 Å². The van der Waals surface area contributed by atoms with Gasteiger partial charge in [-0.15, -0.1) is 11.3 Å². The van der Waals surface area contributed by atoms with Gasteiger partial charge in [0.2, 0.25) is 0 Å². The number of anilines is 1. The van der Waals surface area contributed by atoms with E-state index in [1.807, 2.05) is 11.3 Å². The number of fused-ring (bicyclic) bond motifs is 1. The van der Waals surface area contributed by atoms with Crippen LogP contribution in [-0.2, 0) is 6.42 Å². The molecule has 1 unspecified atom stereocenters. The van der Waals surface area contributed by atoms with Crippen LogP contribution >= 0.6 is 22.9 Å². The van der Waals surface area contributed by atoms with Crippen LogP contribution in [0.1, 0.15) is 48.7 Å². The molecular formula is C15H18ClN3S. The van der Waals surface area contributed by atoms with Gasteiger partial charge in [-0.3, -0.25) is 0 Å². The molecule has 0 aromatic carbocycles. The van der Waals surface area contributed by atoms with Gasteiger partial charge in [-0.25, -0.2) is 9.97 Å². The molecule has 1 aliphatic heterocycles. The minimum atomic E-state index is 0.315. The molecule has 0 radical (unpaired) electrons. The highest BCUT2D eigenvalue weighted by molar-refractivity contribution is 7.10.